The van der Waals surface area contributed by atoms with Crippen LogP contribution in [-0.4, -0.2) is 16.7 Å². The van der Waals surface area contributed by atoms with Gasteiger partial charge in [0.25, 0.3) is 0 Å². The Bertz CT molecular complexity index is 1170. The molecule has 1 atom stereocenters. The number of anilines is 1. The summed E-state index contributed by atoms with van der Waals surface area (Å²) >= 11 is 3.25. The summed E-state index contributed by atoms with van der Waals surface area (Å²) in [7, 11) is 0. The molecule has 0 aliphatic heterocycles. The minimum absolute atomic E-state index is 0.195. The molecule has 0 spiro atoms. The van der Waals surface area contributed by atoms with Crippen LogP contribution in [0.4, 0.5) is 9.52 Å². The summed E-state index contributed by atoms with van der Waals surface area (Å²) in [5.74, 6) is 0.00152. The van der Waals surface area contributed by atoms with E-state index in [1.165, 1.54) is 27.2 Å². The van der Waals surface area contributed by atoms with E-state index in [1.54, 1.807) is 29.0 Å². The fourth-order valence-electron chi connectivity index (χ4n) is 3.52. The third-order valence-corrected chi connectivity index (χ3v) is 7.32. The summed E-state index contributed by atoms with van der Waals surface area (Å²) in [5.41, 5.74) is 4.01. The summed E-state index contributed by atoms with van der Waals surface area (Å²) in [4.78, 5) is 13.4. The van der Waals surface area contributed by atoms with E-state index in [1.807, 2.05) is 51.1 Å². The summed E-state index contributed by atoms with van der Waals surface area (Å²) in [5, 5.41) is 14.5. The molecule has 0 aliphatic rings. The molecule has 0 saturated carbocycles. The molecule has 2 heterocycles. The van der Waals surface area contributed by atoms with Gasteiger partial charge in [-0.2, -0.15) is 0 Å². The molecule has 2 aromatic carbocycles. The summed E-state index contributed by atoms with van der Waals surface area (Å²) < 4.78 is 13.6. The SMILES string of the molecule is CCNc1nncs1.CC[C@H](c1cccc(F)c1)c1ccc(-c2ccc(C(C)(C)N=O)cc2)s1. The number of benzene rings is 2. The van der Waals surface area contributed by atoms with E-state index >= 15 is 0 Å². The van der Waals surface area contributed by atoms with Crippen molar-refractivity contribution < 1.29 is 4.39 Å². The minimum Gasteiger partial charge on any atom is -0.360 e. The predicted octanol–water partition coefficient (Wildman–Crippen LogP) is 8.07. The van der Waals surface area contributed by atoms with Gasteiger partial charge in [0.15, 0.2) is 0 Å². The maximum Gasteiger partial charge on any atom is 0.205 e. The number of nitroso groups, excluding NO2 is 1. The van der Waals surface area contributed by atoms with Gasteiger partial charge < -0.3 is 5.32 Å². The Labute approximate surface area is 208 Å². The van der Waals surface area contributed by atoms with Crippen molar-refractivity contribution in [2.45, 2.75) is 45.6 Å². The van der Waals surface area contributed by atoms with E-state index in [2.05, 4.69) is 39.7 Å². The van der Waals surface area contributed by atoms with Crippen molar-refractivity contribution in [2.24, 2.45) is 5.18 Å². The average Bonchev–Trinajstić information content (AvgIpc) is 3.53. The zero-order valence-corrected chi connectivity index (χ0v) is 21.4. The first kappa shape index (κ1) is 25.6. The van der Waals surface area contributed by atoms with Gasteiger partial charge in [-0.05, 0) is 68.1 Å². The Morgan fingerprint density at radius 3 is 2.44 bits per heavy atom. The molecule has 0 bridgehead atoms. The Morgan fingerprint density at radius 1 is 1.09 bits per heavy atom. The van der Waals surface area contributed by atoms with Gasteiger partial charge in [0.1, 0.15) is 16.9 Å². The van der Waals surface area contributed by atoms with Crippen molar-refractivity contribution in [1.29, 1.82) is 0 Å². The molecule has 178 valence electrons. The largest absolute Gasteiger partial charge is 0.360 e. The highest BCUT2D eigenvalue weighted by molar-refractivity contribution is 7.15. The maximum absolute atomic E-state index is 13.6. The third-order valence-electron chi connectivity index (χ3n) is 5.42. The van der Waals surface area contributed by atoms with Crippen molar-refractivity contribution >= 4 is 27.8 Å². The van der Waals surface area contributed by atoms with Crippen LogP contribution in [0.1, 0.15) is 56.0 Å². The molecule has 0 radical (unpaired) electrons. The number of hydrogen-bond acceptors (Lipinski definition) is 7. The van der Waals surface area contributed by atoms with Crippen LogP contribution >= 0.6 is 22.7 Å². The van der Waals surface area contributed by atoms with E-state index < -0.39 is 5.54 Å². The van der Waals surface area contributed by atoms with E-state index in [9.17, 15) is 9.30 Å². The highest BCUT2D eigenvalue weighted by atomic mass is 32.1. The molecule has 1 N–H and O–H groups in total. The summed E-state index contributed by atoms with van der Waals surface area (Å²) in [6.45, 7) is 8.68. The van der Waals surface area contributed by atoms with Gasteiger partial charge in [-0.3, -0.25) is 0 Å². The van der Waals surface area contributed by atoms with Crippen LogP contribution in [-0.2, 0) is 5.54 Å². The highest BCUT2D eigenvalue weighted by Crippen LogP contribution is 2.37. The van der Waals surface area contributed by atoms with Crippen LogP contribution in [0, 0.1) is 10.7 Å². The summed E-state index contributed by atoms with van der Waals surface area (Å²) in [6, 6.07) is 19.1. The zero-order valence-electron chi connectivity index (χ0n) is 19.8. The molecule has 0 fully saturated rings. The number of aromatic nitrogens is 2. The fourth-order valence-corrected chi connectivity index (χ4v) is 5.26. The van der Waals surface area contributed by atoms with Crippen LogP contribution in [0.15, 0.2) is 71.4 Å². The monoisotopic (exact) mass is 496 g/mol. The molecular formula is C26H29FN4OS2. The van der Waals surface area contributed by atoms with Gasteiger partial charge in [0.2, 0.25) is 5.13 Å². The van der Waals surface area contributed by atoms with Gasteiger partial charge in [0.05, 0.1) is 0 Å². The Hall–Kier alpha value is -2.97. The molecule has 8 heteroatoms. The Kier molecular flexibility index (Phi) is 9.01. The topological polar surface area (TPSA) is 67.2 Å². The van der Waals surface area contributed by atoms with Crippen LogP contribution in [0.5, 0.6) is 0 Å². The fraction of sp³-hybridized carbons (Fsp3) is 0.308. The number of nitrogens with zero attached hydrogens (tertiary/aromatic N) is 3. The summed E-state index contributed by atoms with van der Waals surface area (Å²) in [6.07, 6.45) is 0.918. The average molecular weight is 497 g/mol. The van der Waals surface area contributed by atoms with Gasteiger partial charge in [0, 0.05) is 22.2 Å². The maximum atomic E-state index is 13.6. The second-order valence-electron chi connectivity index (χ2n) is 8.22. The lowest BCUT2D eigenvalue weighted by Gasteiger charge is -2.15. The molecule has 0 aliphatic carbocycles. The van der Waals surface area contributed by atoms with Crippen LogP contribution in [0.3, 0.4) is 0 Å². The molecule has 0 saturated heterocycles. The zero-order chi connectivity index (χ0) is 24.6. The third kappa shape index (κ3) is 6.55. The quantitative estimate of drug-likeness (QED) is 0.250. The van der Waals surface area contributed by atoms with E-state index in [4.69, 9.17) is 0 Å². The van der Waals surface area contributed by atoms with Gasteiger partial charge in [-0.15, -0.1) is 26.4 Å². The number of hydrogen-bond donors (Lipinski definition) is 1. The molecule has 5 nitrogen and oxygen atoms in total. The first-order valence-corrected chi connectivity index (χ1v) is 12.9. The molecule has 4 aromatic rings. The van der Waals surface area contributed by atoms with Crippen LogP contribution in [0.2, 0.25) is 0 Å². The highest BCUT2D eigenvalue weighted by Gasteiger charge is 2.21. The lowest BCUT2D eigenvalue weighted by atomic mass is 9.94. The van der Waals surface area contributed by atoms with Crippen molar-refractivity contribution in [3.63, 3.8) is 0 Å². The Morgan fingerprint density at radius 2 is 1.85 bits per heavy atom. The molecular weight excluding hydrogens is 467 g/mol. The standard InChI is InChI=1S/C22H22FNOS.C4H7N3S/c1-4-19(16-6-5-7-18(23)14-16)21-13-12-20(26-21)15-8-10-17(11-9-15)22(2,3)24-25;1-2-5-4-7-6-3-8-4/h5-14,19H,4H2,1-3H3;3H,2H2,1H3,(H,5,7)/t19-;/m1./s1. The van der Waals surface area contributed by atoms with Gasteiger partial charge in [-0.25, -0.2) is 4.39 Å². The van der Waals surface area contributed by atoms with Gasteiger partial charge in [-0.1, -0.05) is 59.8 Å². The van der Waals surface area contributed by atoms with Crippen molar-refractivity contribution in [2.75, 3.05) is 11.9 Å². The predicted molar refractivity (Wildman–Crippen MR) is 141 cm³/mol. The molecule has 2 aromatic heterocycles. The van der Waals surface area contributed by atoms with E-state index in [0.29, 0.717) is 0 Å². The number of halogens is 1. The lowest BCUT2D eigenvalue weighted by Crippen LogP contribution is -2.12. The molecule has 0 unspecified atom stereocenters. The second-order valence-corrected chi connectivity index (χ2v) is 10.2. The van der Waals surface area contributed by atoms with Crippen molar-refractivity contribution in [3.8, 4) is 10.4 Å². The van der Waals surface area contributed by atoms with Crippen molar-refractivity contribution in [1.82, 2.24) is 10.2 Å². The second kappa shape index (κ2) is 11.9. The Balaban J connectivity index is 0.000000343. The normalized spacial score (nSPS) is 11.9. The number of rotatable bonds is 8. The first-order chi connectivity index (χ1) is 16.4. The lowest BCUT2D eigenvalue weighted by molar-refractivity contribution is 0.552. The van der Waals surface area contributed by atoms with E-state index in [0.717, 1.165) is 34.8 Å². The molecule has 0 amide bonds. The van der Waals surface area contributed by atoms with Crippen molar-refractivity contribution in [3.05, 3.63) is 92.9 Å². The molecule has 4 rings (SSSR count). The molecule has 34 heavy (non-hydrogen) atoms. The first-order valence-electron chi connectivity index (χ1n) is 11.2. The minimum atomic E-state index is -0.718. The van der Waals surface area contributed by atoms with Gasteiger partial charge >= 0.3 is 0 Å². The smallest absolute Gasteiger partial charge is 0.205 e. The van der Waals surface area contributed by atoms with Crippen LogP contribution in [0.25, 0.3) is 10.4 Å². The number of thiophene rings is 1. The van der Waals surface area contributed by atoms with Crippen LogP contribution < -0.4 is 5.32 Å². The van der Waals surface area contributed by atoms with E-state index in [-0.39, 0.29) is 11.7 Å². The number of nitrogens with one attached hydrogen (secondary N) is 1.